The number of rotatable bonds is 3. The van der Waals surface area contributed by atoms with Gasteiger partial charge in [0.2, 0.25) is 10.0 Å². The molecule has 2 aromatic carbocycles. The molecule has 2 N–H and O–H groups in total. The maximum absolute atomic E-state index is 13.6. The topological polar surface area (TPSA) is 95.9 Å². The van der Waals surface area contributed by atoms with Gasteiger partial charge in [-0.15, -0.1) is 0 Å². The first-order valence-corrected chi connectivity index (χ1v) is 18.2. The maximum Gasteiger partial charge on any atom is 0.264 e. The second-order valence-corrected chi connectivity index (χ2v) is 15.9. The highest BCUT2D eigenvalue weighted by Gasteiger charge is 2.44. The number of aliphatic hydroxyl groups is 1. The van der Waals surface area contributed by atoms with E-state index in [4.69, 9.17) is 16.3 Å². The molecule has 2 bridgehead atoms. The summed E-state index contributed by atoms with van der Waals surface area (Å²) in [6.45, 7) is 5.87. The number of halogens is 1. The second kappa shape index (κ2) is 12.7. The zero-order valence-corrected chi connectivity index (χ0v) is 27.4. The van der Waals surface area contributed by atoms with Crippen LogP contribution in [0, 0.1) is 17.8 Å². The zero-order valence-electron chi connectivity index (χ0n) is 25.8. The number of ether oxygens (including phenoxy) is 1. The van der Waals surface area contributed by atoms with E-state index in [0.29, 0.717) is 37.3 Å². The van der Waals surface area contributed by atoms with Crippen molar-refractivity contribution in [3.63, 3.8) is 0 Å². The Hall–Kier alpha value is -2.55. The smallest absolute Gasteiger partial charge is 0.264 e. The number of benzene rings is 2. The third-order valence-corrected chi connectivity index (χ3v) is 12.8. The third-order valence-electron chi connectivity index (χ3n) is 10.6. The summed E-state index contributed by atoms with van der Waals surface area (Å²) in [6, 6.07) is 11.5. The zero-order chi connectivity index (χ0) is 31.1. The van der Waals surface area contributed by atoms with E-state index in [9.17, 15) is 18.3 Å². The summed E-state index contributed by atoms with van der Waals surface area (Å²) in [4.78, 5) is 15.9. The standard InChI is InChI=1S/C35H45ClN2O5S/c1-3-4-10-33-23(2)7-5-9-31(39)28-14-11-26(28)20-38-21-35(17-6-8-24-18-27(36)13-15-29(24)35)22-43-32-16-12-25(19-30(32)38)34(40)37-44(33,41)42/h5,9,12-13,15-16,18-19,23,26,28,31,33,39H,3-4,6-8,10-11,14,17,20-22H2,1-2H3,(H,37,40)/b9-5+/t23-,26-,28+,31-,33?,35-/m0/s1. The van der Waals surface area contributed by atoms with Gasteiger partial charge in [-0.05, 0) is 104 Å². The van der Waals surface area contributed by atoms with Crippen LogP contribution in [0.4, 0.5) is 5.69 Å². The summed E-state index contributed by atoms with van der Waals surface area (Å²) >= 11 is 6.40. The molecule has 0 radical (unpaired) electrons. The van der Waals surface area contributed by atoms with Gasteiger partial charge >= 0.3 is 0 Å². The average molecular weight is 641 g/mol. The number of unbranched alkanes of at least 4 members (excludes halogenated alkanes) is 1. The fraction of sp³-hybridized carbons (Fsp3) is 0.571. The van der Waals surface area contributed by atoms with Gasteiger partial charge in [-0.2, -0.15) is 0 Å². The number of nitrogens with zero attached hydrogens (tertiary/aromatic N) is 1. The Balaban J connectivity index is 1.41. The molecule has 1 fully saturated rings. The van der Waals surface area contributed by atoms with Crippen LogP contribution in [0.25, 0.3) is 0 Å². The Morgan fingerprint density at radius 1 is 1.18 bits per heavy atom. The van der Waals surface area contributed by atoms with Gasteiger partial charge in [0.05, 0.1) is 23.6 Å². The largest absolute Gasteiger partial charge is 0.490 e. The van der Waals surface area contributed by atoms with Crippen LogP contribution in [-0.2, 0) is 21.9 Å². The minimum Gasteiger partial charge on any atom is -0.490 e. The number of hydrogen-bond donors (Lipinski definition) is 2. The average Bonchev–Trinajstić information content (AvgIpc) is 3.11. The normalized spacial score (nSPS) is 32.3. The molecule has 2 aromatic rings. The molecule has 0 saturated heterocycles. The maximum atomic E-state index is 13.6. The van der Waals surface area contributed by atoms with Crippen LogP contribution in [0.5, 0.6) is 5.75 Å². The molecule has 44 heavy (non-hydrogen) atoms. The van der Waals surface area contributed by atoms with E-state index in [0.717, 1.165) is 62.2 Å². The number of carbonyl (C=O) groups is 1. The highest BCUT2D eigenvalue weighted by atomic mass is 35.5. The predicted molar refractivity (Wildman–Crippen MR) is 175 cm³/mol. The van der Waals surface area contributed by atoms with Crippen LogP contribution in [0.2, 0.25) is 5.02 Å². The number of anilines is 1. The summed E-state index contributed by atoms with van der Waals surface area (Å²) in [7, 11) is -3.94. The molecule has 6 rings (SSSR count). The number of sulfonamides is 1. The minimum absolute atomic E-state index is 0.126. The Morgan fingerprint density at radius 2 is 2.02 bits per heavy atom. The van der Waals surface area contributed by atoms with Crippen molar-refractivity contribution in [2.24, 2.45) is 17.8 Å². The van der Waals surface area contributed by atoms with E-state index in [2.05, 4.69) is 21.8 Å². The highest BCUT2D eigenvalue weighted by Crippen LogP contribution is 2.46. The van der Waals surface area contributed by atoms with Crippen molar-refractivity contribution in [2.75, 3.05) is 24.6 Å². The van der Waals surface area contributed by atoms with E-state index >= 15 is 0 Å². The first-order valence-electron chi connectivity index (χ1n) is 16.3. The first kappa shape index (κ1) is 31.4. The van der Waals surface area contributed by atoms with Crippen molar-refractivity contribution in [1.82, 2.24) is 4.72 Å². The van der Waals surface area contributed by atoms with Gasteiger partial charge in [0.1, 0.15) is 5.75 Å². The van der Waals surface area contributed by atoms with Gasteiger partial charge in [0.25, 0.3) is 5.91 Å². The molecule has 4 aliphatic rings. The molecule has 0 aromatic heterocycles. The van der Waals surface area contributed by atoms with Crippen molar-refractivity contribution in [1.29, 1.82) is 0 Å². The van der Waals surface area contributed by atoms with Crippen LogP contribution >= 0.6 is 11.6 Å². The predicted octanol–water partition coefficient (Wildman–Crippen LogP) is 6.41. The molecule has 2 heterocycles. The molecule has 9 heteroatoms. The first-order chi connectivity index (χ1) is 21.1. The number of hydrogen-bond acceptors (Lipinski definition) is 6. The molecular formula is C35H45ClN2O5S. The monoisotopic (exact) mass is 640 g/mol. The van der Waals surface area contributed by atoms with Crippen molar-refractivity contribution < 1.29 is 23.1 Å². The lowest BCUT2D eigenvalue weighted by atomic mass is 9.68. The Morgan fingerprint density at radius 3 is 2.80 bits per heavy atom. The molecule has 1 amide bonds. The molecular weight excluding hydrogens is 596 g/mol. The molecule has 238 valence electrons. The molecule has 1 spiro atoms. The fourth-order valence-electron chi connectivity index (χ4n) is 7.95. The van der Waals surface area contributed by atoms with Crippen LogP contribution in [-0.4, -0.2) is 50.5 Å². The van der Waals surface area contributed by atoms with E-state index in [1.165, 1.54) is 11.1 Å². The van der Waals surface area contributed by atoms with Gasteiger partial charge in [-0.3, -0.25) is 4.79 Å². The Labute approximate surface area is 267 Å². The van der Waals surface area contributed by atoms with Crippen molar-refractivity contribution in [3.8, 4) is 5.75 Å². The SMILES string of the molecule is CCCCC1[C@@H](C)C/C=C/[C@H](O)[C@@H]2CC[C@H]2CN2C[C@@]3(CCCc4cc(Cl)ccc43)COc3ccc(cc32)C(=O)NS1(=O)=O. The second-order valence-electron chi connectivity index (χ2n) is 13.6. The molecule has 2 aliphatic heterocycles. The van der Waals surface area contributed by atoms with Crippen molar-refractivity contribution in [3.05, 3.63) is 70.3 Å². The quantitative estimate of drug-likeness (QED) is 0.376. The van der Waals surface area contributed by atoms with Gasteiger partial charge in [0.15, 0.2) is 0 Å². The van der Waals surface area contributed by atoms with Gasteiger partial charge in [-0.1, -0.05) is 56.5 Å². The van der Waals surface area contributed by atoms with Gasteiger partial charge < -0.3 is 14.7 Å². The number of carbonyl (C=O) groups excluding carboxylic acids is 1. The fourth-order valence-corrected chi connectivity index (χ4v) is 9.87. The molecule has 1 unspecified atom stereocenters. The molecule has 6 atom stereocenters. The number of nitrogens with one attached hydrogen (secondary N) is 1. The Bertz CT molecular complexity index is 1530. The van der Waals surface area contributed by atoms with Crippen LogP contribution in [0.15, 0.2) is 48.6 Å². The minimum atomic E-state index is -3.94. The summed E-state index contributed by atoms with van der Waals surface area (Å²) in [5, 5.41) is 11.3. The molecule has 2 aliphatic carbocycles. The lowest BCUT2D eigenvalue weighted by Crippen LogP contribution is -2.49. The van der Waals surface area contributed by atoms with Crippen LogP contribution in [0.3, 0.4) is 0 Å². The number of allylic oxidation sites excluding steroid dienone is 1. The van der Waals surface area contributed by atoms with Crippen LogP contribution < -0.4 is 14.4 Å². The van der Waals surface area contributed by atoms with E-state index < -0.39 is 27.3 Å². The number of fused-ring (bicyclic) bond motifs is 4. The lowest BCUT2D eigenvalue weighted by molar-refractivity contribution is 0.0455. The van der Waals surface area contributed by atoms with Gasteiger partial charge in [-0.25, -0.2) is 13.1 Å². The number of amides is 1. The number of aliphatic hydroxyl groups excluding tert-OH is 1. The van der Waals surface area contributed by atoms with E-state index in [1.54, 1.807) is 12.1 Å². The summed E-state index contributed by atoms with van der Waals surface area (Å²) in [5.41, 5.74) is 3.35. The highest BCUT2D eigenvalue weighted by molar-refractivity contribution is 7.90. The molecule has 7 nitrogen and oxygen atoms in total. The van der Waals surface area contributed by atoms with E-state index in [-0.39, 0.29) is 23.2 Å². The molecule has 1 saturated carbocycles. The summed E-state index contributed by atoms with van der Waals surface area (Å²) < 4.78 is 36.2. The van der Waals surface area contributed by atoms with E-state index in [1.807, 2.05) is 38.1 Å². The van der Waals surface area contributed by atoms with Crippen molar-refractivity contribution >= 4 is 33.2 Å². The summed E-state index contributed by atoms with van der Waals surface area (Å²) in [5.74, 6) is 0.278. The summed E-state index contributed by atoms with van der Waals surface area (Å²) in [6.07, 6.45) is 10.8. The van der Waals surface area contributed by atoms with Crippen LogP contribution in [0.1, 0.15) is 86.7 Å². The van der Waals surface area contributed by atoms with Crippen molar-refractivity contribution in [2.45, 2.75) is 88.4 Å². The third kappa shape index (κ3) is 6.14. The van der Waals surface area contributed by atoms with Gasteiger partial charge in [0, 0.05) is 29.1 Å². The lowest BCUT2D eigenvalue weighted by Gasteiger charge is -2.45. The number of aryl methyl sites for hydroxylation is 1. The Kier molecular flexibility index (Phi) is 9.06.